The van der Waals surface area contributed by atoms with Gasteiger partial charge in [0.2, 0.25) is 0 Å². The Morgan fingerprint density at radius 3 is 2.25 bits per heavy atom. The van der Waals surface area contributed by atoms with Crippen LogP contribution in [0.3, 0.4) is 0 Å². The lowest BCUT2D eigenvalue weighted by molar-refractivity contribution is 0.00413. The van der Waals surface area contributed by atoms with Crippen LogP contribution < -0.4 is 0 Å². The van der Waals surface area contributed by atoms with Gasteiger partial charge in [-0.15, -0.1) is 0 Å². The van der Waals surface area contributed by atoms with Crippen LogP contribution in [0.15, 0.2) is 0 Å². The fraction of sp³-hybridized carbons (Fsp3) is 1.00. The second kappa shape index (κ2) is 3.37. The highest BCUT2D eigenvalue weighted by Gasteiger charge is 2.35. The molecular formula is C11H23N. The molecule has 1 aliphatic heterocycles. The second-order valence-corrected chi connectivity index (χ2v) is 5.05. The molecular weight excluding hydrogens is 146 g/mol. The normalized spacial score (nSPS) is 31.0. The van der Waals surface area contributed by atoms with Crippen molar-refractivity contribution in [1.82, 2.24) is 4.90 Å². The molecule has 1 saturated heterocycles. The Bertz CT molecular complexity index is 149. The van der Waals surface area contributed by atoms with Gasteiger partial charge in [-0.2, -0.15) is 0 Å². The molecule has 0 aliphatic carbocycles. The molecule has 1 heteroatoms. The summed E-state index contributed by atoms with van der Waals surface area (Å²) in [6, 6.07) is 1.46. The Kier molecular flexibility index (Phi) is 2.82. The molecule has 0 spiro atoms. The van der Waals surface area contributed by atoms with Gasteiger partial charge in [-0.25, -0.2) is 0 Å². The zero-order chi connectivity index (χ0) is 9.35. The first-order valence-corrected chi connectivity index (χ1v) is 5.23. The zero-order valence-electron chi connectivity index (χ0n) is 9.22. The number of nitrogens with zero attached hydrogens (tertiary/aromatic N) is 1. The predicted molar refractivity (Wildman–Crippen MR) is 54.4 cm³/mol. The van der Waals surface area contributed by atoms with Crippen molar-refractivity contribution in [3.63, 3.8) is 0 Å². The fourth-order valence-corrected chi connectivity index (χ4v) is 2.90. The van der Waals surface area contributed by atoms with Gasteiger partial charge in [0.1, 0.15) is 0 Å². The van der Waals surface area contributed by atoms with Crippen LogP contribution in [-0.2, 0) is 0 Å². The molecule has 1 fully saturated rings. The average Bonchev–Trinajstić information content (AvgIpc) is 1.82. The number of likely N-dealkylation sites (tertiary alicyclic amines) is 1. The summed E-state index contributed by atoms with van der Waals surface area (Å²) in [4.78, 5) is 2.66. The molecule has 0 N–H and O–H groups in total. The minimum atomic E-state index is 0.422. The third-order valence-electron chi connectivity index (χ3n) is 3.14. The highest BCUT2D eigenvalue weighted by atomic mass is 15.2. The van der Waals surface area contributed by atoms with Crippen molar-refractivity contribution in [2.24, 2.45) is 0 Å². The molecule has 0 radical (unpaired) electrons. The van der Waals surface area contributed by atoms with E-state index in [2.05, 4.69) is 39.5 Å². The first-order valence-electron chi connectivity index (χ1n) is 5.23. The molecule has 0 aromatic heterocycles. The molecule has 0 bridgehead atoms. The van der Waals surface area contributed by atoms with Crippen LogP contribution >= 0.6 is 0 Å². The van der Waals surface area contributed by atoms with E-state index in [4.69, 9.17) is 0 Å². The maximum Gasteiger partial charge on any atom is 0.0158 e. The van der Waals surface area contributed by atoms with Crippen molar-refractivity contribution in [3.05, 3.63) is 0 Å². The largest absolute Gasteiger partial charge is 0.293 e. The standard InChI is InChI=1S/C11H23N/c1-9(2)12-10(3)7-6-8-11(12,4)5/h9-10H,6-8H2,1-5H3. The Hall–Kier alpha value is -0.0400. The molecule has 0 aromatic rings. The summed E-state index contributed by atoms with van der Waals surface area (Å²) in [7, 11) is 0. The summed E-state index contributed by atoms with van der Waals surface area (Å²) >= 11 is 0. The molecule has 1 rings (SSSR count). The first kappa shape index (κ1) is 10.0. The van der Waals surface area contributed by atoms with Crippen LogP contribution in [0, 0.1) is 0 Å². The van der Waals surface area contributed by atoms with Gasteiger partial charge in [-0.05, 0) is 47.5 Å². The topological polar surface area (TPSA) is 3.24 Å². The smallest absolute Gasteiger partial charge is 0.0158 e. The molecule has 72 valence electrons. The molecule has 0 aromatic carbocycles. The molecule has 1 atom stereocenters. The predicted octanol–water partition coefficient (Wildman–Crippen LogP) is 3.05. The van der Waals surface area contributed by atoms with Crippen LogP contribution in [-0.4, -0.2) is 22.5 Å². The highest BCUT2D eigenvalue weighted by Crippen LogP contribution is 2.32. The van der Waals surface area contributed by atoms with Crippen LogP contribution in [0.5, 0.6) is 0 Å². The van der Waals surface area contributed by atoms with Gasteiger partial charge in [0, 0.05) is 17.6 Å². The molecule has 0 amide bonds. The van der Waals surface area contributed by atoms with Crippen molar-refractivity contribution in [2.75, 3.05) is 0 Å². The highest BCUT2D eigenvalue weighted by molar-refractivity contribution is 4.91. The number of piperidine rings is 1. The van der Waals surface area contributed by atoms with Crippen LogP contribution in [0.2, 0.25) is 0 Å². The van der Waals surface area contributed by atoms with Gasteiger partial charge >= 0.3 is 0 Å². The van der Waals surface area contributed by atoms with E-state index in [0.29, 0.717) is 11.6 Å². The van der Waals surface area contributed by atoms with E-state index in [9.17, 15) is 0 Å². The molecule has 1 heterocycles. The number of hydrogen-bond donors (Lipinski definition) is 0. The molecule has 1 unspecified atom stereocenters. The quantitative estimate of drug-likeness (QED) is 0.583. The summed E-state index contributed by atoms with van der Waals surface area (Å²) in [5.74, 6) is 0. The lowest BCUT2D eigenvalue weighted by Gasteiger charge is -2.49. The Balaban J connectivity index is 2.74. The van der Waals surface area contributed by atoms with Crippen molar-refractivity contribution in [2.45, 2.75) is 71.5 Å². The van der Waals surface area contributed by atoms with E-state index in [0.717, 1.165) is 6.04 Å². The van der Waals surface area contributed by atoms with Crippen molar-refractivity contribution in [1.29, 1.82) is 0 Å². The van der Waals surface area contributed by atoms with Crippen LogP contribution in [0.1, 0.15) is 53.9 Å². The summed E-state index contributed by atoms with van der Waals surface area (Å²) < 4.78 is 0. The summed E-state index contributed by atoms with van der Waals surface area (Å²) in [5.41, 5.74) is 0.422. The maximum atomic E-state index is 2.66. The van der Waals surface area contributed by atoms with Gasteiger partial charge in [0.25, 0.3) is 0 Å². The Morgan fingerprint density at radius 2 is 1.92 bits per heavy atom. The SMILES string of the molecule is CC(C)N1C(C)CCCC1(C)C. The third kappa shape index (κ3) is 1.82. The molecule has 12 heavy (non-hydrogen) atoms. The summed E-state index contributed by atoms with van der Waals surface area (Å²) in [5, 5.41) is 0. The summed E-state index contributed by atoms with van der Waals surface area (Å²) in [6.07, 6.45) is 4.13. The van der Waals surface area contributed by atoms with E-state index >= 15 is 0 Å². The zero-order valence-corrected chi connectivity index (χ0v) is 9.22. The Morgan fingerprint density at radius 1 is 1.33 bits per heavy atom. The monoisotopic (exact) mass is 169 g/mol. The summed E-state index contributed by atoms with van der Waals surface area (Å²) in [6.45, 7) is 11.7. The van der Waals surface area contributed by atoms with E-state index in [1.165, 1.54) is 19.3 Å². The van der Waals surface area contributed by atoms with Crippen LogP contribution in [0.25, 0.3) is 0 Å². The minimum absolute atomic E-state index is 0.422. The number of rotatable bonds is 1. The molecule has 1 aliphatic rings. The maximum absolute atomic E-state index is 2.66. The Labute approximate surface area is 77.1 Å². The van der Waals surface area contributed by atoms with Crippen LogP contribution in [0.4, 0.5) is 0 Å². The lowest BCUT2D eigenvalue weighted by Crippen LogP contribution is -2.55. The van der Waals surface area contributed by atoms with Gasteiger partial charge < -0.3 is 0 Å². The minimum Gasteiger partial charge on any atom is -0.293 e. The molecule has 1 nitrogen and oxygen atoms in total. The number of hydrogen-bond acceptors (Lipinski definition) is 1. The van der Waals surface area contributed by atoms with Gasteiger partial charge in [0.05, 0.1) is 0 Å². The van der Waals surface area contributed by atoms with E-state index in [1.54, 1.807) is 0 Å². The van der Waals surface area contributed by atoms with Gasteiger partial charge in [-0.3, -0.25) is 4.90 Å². The van der Waals surface area contributed by atoms with E-state index in [1.807, 2.05) is 0 Å². The van der Waals surface area contributed by atoms with Gasteiger partial charge in [0.15, 0.2) is 0 Å². The molecule has 0 saturated carbocycles. The first-order chi connectivity index (χ1) is 5.45. The van der Waals surface area contributed by atoms with E-state index in [-0.39, 0.29) is 0 Å². The van der Waals surface area contributed by atoms with Crippen molar-refractivity contribution < 1.29 is 0 Å². The third-order valence-corrected chi connectivity index (χ3v) is 3.14. The van der Waals surface area contributed by atoms with Crippen molar-refractivity contribution in [3.8, 4) is 0 Å². The van der Waals surface area contributed by atoms with E-state index < -0.39 is 0 Å². The fourth-order valence-electron chi connectivity index (χ4n) is 2.90. The average molecular weight is 169 g/mol. The lowest BCUT2D eigenvalue weighted by atomic mass is 9.85. The van der Waals surface area contributed by atoms with Gasteiger partial charge in [-0.1, -0.05) is 6.42 Å². The van der Waals surface area contributed by atoms with Crippen molar-refractivity contribution >= 4 is 0 Å². The second-order valence-electron chi connectivity index (χ2n) is 5.05.